The Kier molecular flexibility index (Phi) is 9.93. The van der Waals surface area contributed by atoms with Crippen molar-refractivity contribution >= 4 is 23.8 Å². The van der Waals surface area contributed by atoms with E-state index in [1.54, 1.807) is 49.4 Å². The van der Waals surface area contributed by atoms with E-state index in [-0.39, 0.29) is 18.9 Å². The van der Waals surface area contributed by atoms with E-state index in [1.165, 1.54) is 19.1 Å². The summed E-state index contributed by atoms with van der Waals surface area (Å²) in [6.45, 7) is 5.63. The van der Waals surface area contributed by atoms with Crippen LogP contribution in [0.25, 0.3) is 0 Å². The molecule has 3 aromatic carbocycles. The van der Waals surface area contributed by atoms with Gasteiger partial charge in [-0.25, -0.2) is 9.69 Å². The molecule has 1 heterocycles. The molecule has 2 N–H and O–H groups in total. The van der Waals surface area contributed by atoms with E-state index in [1.807, 2.05) is 50.2 Å². The Morgan fingerprint density at radius 3 is 2.14 bits per heavy atom. The Labute approximate surface area is 257 Å². The van der Waals surface area contributed by atoms with E-state index >= 15 is 0 Å². The molecule has 1 aliphatic heterocycles. The average Bonchev–Trinajstić information content (AvgIpc) is 3.20. The molecule has 232 valence electrons. The molecule has 10 heteroatoms. The molecule has 0 radical (unpaired) electrons. The Morgan fingerprint density at radius 2 is 1.57 bits per heavy atom. The first-order valence-corrected chi connectivity index (χ1v) is 14.5. The third-order valence-corrected chi connectivity index (χ3v) is 7.95. The molecule has 10 nitrogen and oxygen atoms in total. The molecule has 0 spiro atoms. The van der Waals surface area contributed by atoms with Crippen LogP contribution in [0.5, 0.6) is 11.5 Å². The first-order chi connectivity index (χ1) is 21.0. The Balaban J connectivity index is 1.75. The smallest absolute Gasteiger partial charge is 0.329 e. The van der Waals surface area contributed by atoms with Crippen molar-refractivity contribution in [2.45, 2.75) is 57.8 Å². The van der Waals surface area contributed by atoms with Crippen LogP contribution in [0.15, 0.2) is 78.9 Å². The second kappa shape index (κ2) is 13.6. The minimum absolute atomic E-state index is 0.0778. The largest absolute Gasteiger partial charge is 0.497 e. The molecule has 1 aliphatic rings. The maximum absolute atomic E-state index is 14.4. The predicted molar refractivity (Wildman–Crippen MR) is 164 cm³/mol. The predicted octanol–water partition coefficient (Wildman–Crippen LogP) is 5.13. The number of carbonyl (C=O) groups excluding carboxylic acids is 3. The van der Waals surface area contributed by atoms with Gasteiger partial charge in [0.05, 0.1) is 26.7 Å². The number of carboxylic acids is 1. The second-order valence-electron chi connectivity index (χ2n) is 11.4. The maximum Gasteiger partial charge on any atom is 0.329 e. The highest BCUT2D eigenvalue weighted by atomic mass is 16.5. The molecule has 3 atom stereocenters. The van der Waals surface area contributed by atoms with E-state index in [0.717, 1.165) is 10.5 Å². The topological polar surface area (TPSA) is 125 Å². The highest BCUT2D eigenvalue weighted by Crippen LogP contribution is 2.40. The summed E-state index contributed by atoms with van der Waals surface area (Å²) in [5, 5.41) is 12.6. The number of aliphatic carboxylic acids is 1. The zero-order chi connectivity index (χ0) is 32.0. The molecule has 1 fully saturated rings. The first kappa shape index (κ1) is 32.1. The molecule has 1 saturated heterocycles. The summed E-state index contributed by atoms with van der Waals surface area (Å²) in [4.78, 5) is 57.3. The van der Waals surface area contributed by atoms with Gasteiger partial charge in [0.1, 0.15) is 23.1 Å². The molecule has 0 bridgehead atoms. The van der Waals surface area contributed by atoms with Crippen LogP contribution in [0.3, 0.4) is 0 Å². The second-order valence-corrected chi connectivity index (χ2v) is 11.4. The standard InChI is InChI=1S/C34H39N3O7/c1-22(2)18-28(31(40)35-27(20-30(38)39)26-17-16-25(43-4)19-29(26)44-5)37-32(41)34(3,24-14-10-7-11-15-24)36(33(37)42)21-23-12-8-6-9-13-23/h6-17,19,22,27-28H,18,20-21H2,1-5H3,(H,35,40)(H,38,39)/t27-,28-,34-/m0/s1. The highest BCUT2D eigenvalue weighted by Gasteiger charge is 2.58. The molecular weight excluding hydrogens is 562 g/mol. The van der Waals surface area contributed by atoms with E-state index in [0.29, 0.717) is 22.6 Å². The van der Waals surface area contributed by atoms with E-state index in [9.17, 15) is 24.3 Å². The minimum Gasteiger partial charge on any atom is -0.497 e. The fourth-order valence-corrected chi connectivity index (χ4v) is 5.63. The van der Waals surface area contributed by atoms with Crippen molar-refractivity contribution in [1.82, 2.24) is 15.1 Å². The molecule has 3 aromatic rings. The third-order valence-electron chi connectivity index (χ3n) is 7.95. The van der Waals surface area contributed by atoms with Crippen LogP contribution >= 0.6 is 0 Å². The van der Waals surface area contributed by atoms with Gasteiger partial charge in [0.25, 0.3) is 5.91 Å². The van der Waals surface area contributed by atoms with Gasteiger partial charge in [-0.1, -0.05) is 74.5 Å². The van der Waals surface area contributed by atoms with E-state index in [4.69, 9.17) is 9.47 Å². The van der Waals surface area contributed by atoms with Gasteiger partial charge >= 0.3 is 12.0 Å². The summed E-state index contributed by atoms with van der Waals surface area (Å²) in [7, 11) is 2.93. The van der Waals surface area contributed by atoms with Gasteiger partial charge in [0, 0.05) is 18.2 Å². The van der Waals surface area contributed by atoms with Gasteiger partial charge in [0.2, 0.25) is 5.91 Å². The fraction of sp³-hybridized carbons (Fsp3) is 0.353. The van der Waals surface area contributed by atoms with Crippen molar-refractivity contribution in [3.63, 3.8) is 0 Å². The monoisotopic (exact) mass is 601 g/mol. The van der Waals surface area contributed by atoms with Crippen LogP contribution in [-0.4, -0.2) is 59.0 Å². The molecule has 4 amide bonds. The number of carbonyl (C=O) groups is 4. The first-order valence-electron chi connectivity index (χ1n) is 14.5. The molecular formula is C34H39N3O7. The summed E-state index contributed by atoms with van der Waals surface area (Å²) in [6, 6.07) is 20.5. The summed E-state index contributed by atoms with van der Waals surface area (Å²) < 4.78 is 10.8. The summed E-state index contributed by atoms with van der Waals surface area (Å²) in [5.74, 6) is -1.56. The van der Waals surface area contributed by atoms with Crippen LogP contribution in [0.1, 0.15) is 56.3 Å². The number of methoxy groups -OCH3 is 2. The number of hydrogen-bond acceptors (Lipinski definition) is 6. The van der Waals surface area contributed by atoms with Crippen molar-refractivity contribution in [2.75, 3.05) is 14.2 Å². The average molecular weight is 602 g/mol. The molecule has 44 heavy (non-hydrogen) atoms. The van der Waals surface area contributed by atoms with Crippen LogP contribution < -0.4 is 14.8 Å². The van der Waals surface area contributed by atoms with Crippen molar-refractivity contribution in [3.8, 4) is 11.5 Å². The Hall–Kier alpha value is -4.86. The lowest BCUT2D eigenvalue weighted by atomic mass is 9.89. The van der Waals surface area contributed by atoms with Gasteiger partial charge < -0.3 is 24.8 Å². The van der Waals surface area contributed by atoms with Gasteiger partial charge in [-0.05, 0) is 42.5 Å². The van der Waals surface area contributed by atoms with Crippen LogP contribution in [0, 0.1) is 5.92 Å². The zero-order valence-electron chi connectivity index (χ0n) is 25.7. The molecule has 4 rings (SSSR count). The SMILES string of the molecule is COc1ccc([C@H](CC(=O)O)NC(=O)[C@H](CC(C)C)N2C(=O)N(Cc3ccccc3)[C@@](C)(c3ccccc3)C2=O)c(OC)c1. The van der Waals surface area contributed by atoms with Crippen LogP contribution in [0.2, 0.25) is 0 Å². The highest BCUT2D eigenvalue weighted by molar-refractivity contribution is 6.10. The summed E-state index contributed by atoms with van der Waals surface area (Å²) in [6.07, 6.45) is -0.278. The van der Waals surface area contributed by atoms with Crippen molar-refractivity contribution < 1.29 is 33.8 Å². The number of amides is 4. The van der Waals surface area contributed by atoms with Gasteiger partial charge in [-0.15, -0.1) is 0 Å². The number of hydrogen-bond donors (Lipinski definition) is 2. The zero-order valence-corrected chi connectivity index (χ0v) is 25.7. The van der Waals surface area contributed by atoms with E-state index in [2.05, 4.69) is 5.32 Å². The number of rotatable bonds is 13. The lowest BCUT2D eigenvalue weighted by molar-refractivity contribution is -0.141. The van der Waals surface area contributed by atoms with Crippen molar-refractivity contribution in [3.05, 3.63) is 95.6 Å². The number of benzene rings is 3. The molecule has 0 aromatic heterocycles. The number of ether oxygens (including phenoxy) is 2. The summed E-state index contributed by atoms with van der Waals surface area (Å²) in [5.41, 5.74) is 0.484. The molecule has 0 saturated carbocycles. The normalized spacial score (nSPS) is 17.9. The Morgan fingerprint density at radius 1 is 0.932 bits per heavy atom. The lowest BCUT2D eigenvalue weighted by Crippen LogP contribution is -2.52. The number of nitrogens with zero attached hydrogens (tertiary/aromatic N) is 2. The quantitative estimate of drug-likeness (QED) is 0.260. The number of urea groups is 1. The number of imide groups is 1. The van der Waals surface area contributed by atoms with Crippen molar-refractivity contribution in [2.24, 2.45) is 5.92 Å². The van der Waals surface area contributed by atoms with Gasteiger partial charge in [-0.2, -0.15) is 0 Å². The maximum atomic E-state index is 14.4. The number of carboxylic acid groups (broad SMARTS) is 1. The lowest BCUT2D eigenvalue weighted by Gasteiger charge is -2.32. The number of nitrogens with one attached hydrogen (secondary N) is 1. The van der Waals surface area contributed by atoms with E-state index < -0.39 is 47.9 Å². The van der Waals surface area contributed by atoms with Crippen molar-refractivity contribution in [1.29, 1.82) is 0 Å². The van der Waals surface area contributed by atoms with Crippen LogP contribution in [-0.2, 0) is 26.5 Å². The minimum atomic E-state index is -1.39. The Bertz CT molecular complexity index is 1500. The molecule has 0 aliphatic carbocycles. The molecule has 0 unspecified atom stereocenters. The van der Waals surface area contributed by atoms with Gasteiger partial charge in [0.15, 0.2) is 0 Å². The van der Waals surface area contributed by atoms with Gasteiger partial charge in [-0.3, -0.25) is 14.4 Å². The summed E-state index contributed by atoms with van der Waals surface area (Å²) >= 11 is 0. The fourth-order valence-electron chi connectivity index (χ4n) is 5.63. The van der Waals surface area contributed by atoms with Crippen LogP contribution in [0.4, 0.5) is 4.79 Å². The third kappa shape index (κ3) is 6.54.